The summed E-state index contributed by atoms with van der Waals surface area (Å²) < 4.78 is 6.99. The SMILES string of the molecule is COCC(C)n1nnc(N)c1C1CC1. The molecule has 1 saturated carbocycles. The molecule has 1 fully saturated rings. The summed E-state index contributed by atoms with van der Waals surface area (Å²) in [6.07, 6.45) is 2.41. The van der Waals surface area contributed by atoms with E-state index >= 15 is 0 Å². The van der Waals surface area contributed by atoms with Gasteiger partial charge in [0.15, 0.2) is 5.82 Å². The molecule has 0 aliphatic heterocycles. The highest BCUT2D eigenvalue weighted by Crippen LogP contribution is 2.42. The molecule has 0 radical (unpaired) electrons. The second kappa shape index (κ2) is 3.57. The van der Waals surface area contributed by atoms with E-state index in [1.165, 1.54) is 12.8 Å². The molecule has 0 spiro atoms. The Morgan fingerprint density at radius 2 is 2.36 bits per heavy atom. The van der Waals surface area contributed by atoms with Crippen molar-refractivity contribution >= 4 is 5.82 Å². The van der Waals surface area contributed by atoms with Crippen LogP contribution in [0.15, 0.2) is 0 Å². The first-order valence-corrected chi connectivity index (χ1v) is 4.93. The predicted octanol–water partition coefficient (Wildman–Crippen LogP) is 0.945. The average molecular weight is 196 g/mol. The van der Waals surface area contributed by atoms with Crippen molar-refractivity contribution in [1.29, 1.82) is 0 Å². The first kappa shape index (κ1) is 9.45. The summed E-state index contributed by atoms with van der Waals surface area (Å²) in [6.45, 7) is 2.70. The summed E-state index contributed by atoms with van der Waals surface area (Å²) in [5.41, 5.74) is 6.87. The summed E-state index contributed by atoms with van der Waals surface area (Å²) in [6, 6.07) is 0.209. The zero-order chi connectivity index (χ0) is 10.1. The van der Waals surface area contributed by atoms with Crippen LogP contribution in [0.25, 0.3) is 0 Å². The third-order valence-corrected chi connectivity index (χ3v) is 2.55. The zero-order valence-corrected chi connectivity index (χ0v) is 8.60. The van der Waals surface area contributed by atoms with Crippen LogP contribution in [0.1, 0.15) is 37.4 Å². The van der Waals surface area contributed by atoms with E-state index in [-0.39, 0.29) is 6.04 Å². The number of hydrogen-bond donors (Lipinski definition) is 1. The summed E-state index contributed by atoms with van der Waals surface area (Å²) in [7, 11) is 1.69. The largest absolute Gasteiger partial charge is 0.382 e. The number of ether oxygens (including phenoxy) is 1. The molecule has 0 aromatic carbocycles. The lowest BCUT2D eigenvalue weighted by atomic mass is 10.2. The molecule has 0 bridgehead atoms. The van der Waals surface area contributed by atoms with Crippen LogP contribution in [0.5, 0.6) is 0 Å². The molecule has 2 N–H and O–H groups in total. The molecule has 0 saturated heterocycles. The summed E-state index contributed by atoms with van der Waals surface area (Å²) in [4.78, 5) is 0. The fraction of sp³-hybridized carbons (Fsp3) is 0.778. The molecule has 78 valence electrons. The van der Waals surface area contributed by atoms with Crippen LogP contribution in [0.3, 0.4) is 0 Å². The molecule has 1 aromatic heterocycles. The Bertz CT molecular complexity index is 319. The zero-order valence-electron chi connectivity index (χ0n) is 8.60. The lowest BCUT2D eigenvalue weighted by Crippen LogP contribution is -2.15. The Labute approximate surface area is 83.2 Å². The van der Waals surface area contributed by atoms with Crippen molar-refractivity contribution in [3.05, 3.63) is 5.69 Å². The molecule has 1 aliphatic carbocycles. The van der Waals surface area contributed by atoms with Gasteiger partial charge in [-0.2, -0.15) is 0 Å². The maximum Gasteiger partial charge on any atom is 0.169 e. The first-order valence-electron chi connectivity index (χ1n) is 4.93. The van der Waals surface area contributed by atoms with Crippen LogP contribution in [-0.2, 0) is 4.74 Å². The van der Waals surface area contributed by atoms with Gasteiger partial charge in [0, 0.05) is 13.0 Å². The average Bonchev–Trinajstić information content (AvgIpc) is 2.90. The Morgan fingerprint density at radius 1 is 1.64 bits per heavy atom. The first-order chi connectivity index (χ1) is 6.74. The van der Waals surface area contributed by atoms with Gasteiger partial charge in [-0.25, -0.2) is 4.68 Å². The third kappa shape index (κ3) is 1.59. The van der Waals surface area contributed by atoms with Gasteiger partial charge in [0.1, 0.15) is 0 Å². The second-order valence-electron chi connectivity index (χ2n) is 3.88. The minimum atomic E-state index is 0.209. The van der Waals surface area contributed by atoms with E-state index in [4.69, 9.17) is 10.5 Å². The van der Waals surface area contributed by atoms with E-state index in [0.29, 0.717) is 18.3 Å². The number of hydrogen-bond acceptors (Lipinski definition) is 4. The van der Waals surface area contributed by atoms with Gasteiger partial charge in [-0.05, 0) is 19.8 Å². The molecule has 1 aromatic rings. The fourth-order valence-corrected chi connectivity index (χ4v) is 1.70. The quantitative estimate of drug-likeness (QED) is 0.778. The molecular weight excluding hydrogens is 180 g/mol. The normalized spacial score (nSPS) is 18.4. The Hall–Kier alpha value is -1.10. The van der Waals surface area contributed by atoms with Crippen molar-refractivity contribution in [2.75, 3.05) is 19.5 Å². The van der Waals surface area contributed by atoms with Crippen LogP contribution >= 0.6 is 0 Å². The number of nitrogens with two attached hydrogens (primary N) is 1. The van der Waals surface area contributed by atoms with E-state index < -0.39 is 0 Å². The minimum Gasteiger partial charge on any atom is -0.382 e. The van der Waals surface area contributed by atoms with Crippen molar-refractivity contribution < 1.29 is 4.74 Å². The molecule has 2 rings (SSSR count). The van der Waals surface area contributed by atoms with E-state index in [9.17, 15) is 0 Å². The van der Waals surface area contributed by atoms with Gasteiger partial charge in [-0.1, -0.05) is 5.21 Å². The van der Waals surface area contributed by atoms with Crippen LogP contribution < -0.4 is 5.73 Å². The van der Waals surface area contributed by atoms with Gasteiger partial charge >= 0.3 is 0 Å². The highest BCUT2D eigenvalue weighted by Gasteiger charge is 2.31. The molecule has 14 heavy (non-hydrogen) atoms. The van der Waals surface area contributed by atoms with E-state index in [1.807, 2.05) is 4.68 Å². The molecule has 5 nitrogen and oxygen atoms in total. The number of nitrogens with zero attached hydrogens (tertiary/aromatic N) is 3. The van der Waals surface area contributed by atoms with Gasteiger partial charge in [-0.3, -0.25) is 0 Å². The van der Waals surface area contributed by atoms with Gasteiger partial charge in [0.25, 0.3) is 0 Å². The lowest BCUT2D eigenvalue weighted by molar-refractivity contribution is 0.154. The van der Waals surface area contributed by atoms with Crippen molar-refractivity contribution in [1.82, 2.24) is 15.0 Å². The van der Waals surface area contributed by atoms with Gasteiger partial charge in [-0.15, -0.1) is 5.10 Å². The standard InChI is InChI=1S/C9H16N4O/c1-6(5-14-2)13-8(7-3-4-7)9(10)11-12-13/h6-7H,3-5,10H2,1-2H3. The molecule has 1 atom stereocenters. The highest BCUT2D eigenvalue weighted by atomic mass is 16.5. The summed E-state index contributed by atoms with van der Waals surface area (Å²) >= 11 is 0. The number of aromatic nitrogens is 3. The molecule has 1 aliphatic rings. The number of methoxy groups -OCH3 is 1. The van der Waals surface area contributed by atoms with Gasteiger partial charge in [0.2, 0.25) is 0 Å². The molecule has 0 amide bonds. The van der Waals surface area contributed by atoms with Crippen molar-refractivity contribution in [3.63, 3.8) is 0 Å². The molecule has 5 heteroatoms. The maximum atomic E-state index is 5.78. The smallest absolute Gasteiger partial charge is 0.169 e. The van der Waals surface area contributed by atoms with Crippen molar-refractivity contribution in [3.8, 4) is 0 Å². The van der Waals surface area contributed by atoms with Crippen molar-refractivity contribution in [2.45, 2.75) is 31.7 Å². The Morgan fingerprint density at radius 3 is 2.93 bits per heavy atom. The van der Waals surface area contributed by atoms with Crippen LogP contribution in [-0.4, -0.2) is 28.7 Å². The topological polar surface area (TPSA) is 66.0 Å². The molecule has 1 unspecified atom stereocenters. The van der Waals surface area contributed by atoms with Gasteiger partial charge < -0.3 is 10.5 Å². The number of rotatable bonds is 4. The van der Waals surface area contributed by atoms with E-state index in [1.54, 1.807) is 7.11 Å². The Kier molecular flexibility index (Phi) is 2.41. The van der Waals surface area contributed by atoms with Crippen molar-refractivity contribution in [2.24, 2.45) is 0 Å². The van der Waals surface area contributed by atoms with Crippen LogP contribution in [0.4, 0.5) is 5.82 Å². The third-order valence-electron chi connectivity index (χ3n) is 2.55. The number of nitrogen functional groups attached to an aromatic ring is 1. The van der Waals surface area contributed by atoms with Crippen LogP contribution in [0.2, 0.25) is 0 Å². The minimum absolute atomic E-state index is 0.209. The maximum absolute atomic E-state index is 5.78. The monoisotopic (exact) mass is 196 g/mol. The predicted molar refractivity (Wildman–Crippen MR) is 53.0 cm³/mol. The fourth-order valence-electron chi connectivity index (χ4n) is 1.70. The van der Waals surface area contributed by atoms with Crippen LogP contribution in [0, 0.1) is 0 Å². The lowest BCUT2D eigenvalue weighted by Gasteiger charge is -2.13. The second-order valence-corrected chi connectivity index (χ2v) is 3.88. The van der Waals surface area contributed by atoms with E-state index in [2.05, 4.69) is 17.2 Å². The van der Waals surface area contributed by atoms with E-state index in [0.717, 1.165) is 5.69 Å². The van der Waals surface area contributed by atoms with Gasteiger partial charge in [0.05, 0.1) is 18.3 Å². The summed E-state index contributed by atoms with van der Waals surface area (Å²) in [5.74, 6) is 1.15. The Balaban J connectivity index is 2.23. The number of anilines is 1. The molecular formula is C9H16N4O. The highest BCUT2D eigenvalue weighted by molar-refractivity contribution is 5.38. The summed E-state index contributed by atoms with van der Waals surface area (Å²) in [5, 5.41) is 7.97. The molecule has 1 heterocycles.